The maximum atomic E-state index is 12.0. The zero-order valence-electron chi connectivity index (χ0n) is 13.3. The van der Waals surface area contributed by atoms with Gasteiger partial charge in [0.2, 0.25) is 5.91 Å². The Labute approximate surface area is 126 Å². The van der Waals surface area contributed by atoms with Crippen LogP contribution >= 0.6 is 0 Å². The molecule has 2 N–H and O–H groups in total. The fraction of sp³-hybridized carbons (Fsp3) is 0.500. The van der Waals surface area contributed by atoms with Crippen molar-refractivity contribution >= 4 is 5.91 Å². The summed E-state index contributed by atoms with van der Waals surface area (Å²) < 4.78 is 5.27. The molecular weight excluding hydrogens is 266 g/mol. The quantitative estimate of drug-likeness (QED) is 0.869. The molecule has 5 heteroatoms. The van der Waals surface area contributed by atoms with Crippen molar-refractivity contribution < 1.29 is 9.53 Å². The van der Waals surface area contributed by atoms with E-state index >= 15 is 0 Å². The molecule has 0 saturated heterocycles. The van der Waals surface area contributed by atoms with Gasteiger partial charge in [-0.1, -0.05) is 0 Å². The minimum absolute atomic E-state index is 0.0575. The molecule has 1 aromatic carbocycles. The van der Waals surface area contributed by atoms with Crippen molar-refractivity contribution in [3.8, 4) is 11.8 Å². The number of amides is 1. The third-order valence-electron chi connectivity index (χ3n) is 2.90. The van der Waals surface area contributed by atoms with Gasteiger partial charge in [-0.25, -0.2) is 0 Å². The second kappa shape index (κ2) is 7.09. The molecule has 1 unspecified atom stereocenters. The predicted octanol–water partition coefficient (Wildman–Crippen LogP) is 1.96. The van der Waals surface area contributed by atoms with Crippen LogP contribution in [0.3, 0.4) is 0 Å². The first kappa shape index (κ1) is 17.0. The minimum Gasteiger partial charge on any atom is -0.496 e. The van der Waals surface area contributed by atoms with E-state index in [2.05, 4.69) is 16.7 Å². The number of rotatable bonds is 5. The standard InChI is InChI=1S/C16H23N3O2/c1-11(15(20)19-16(2,3)4)18-10-13-8-12(9-17)6-7-14(13)21-5/h6-8,11,18H,10H2,1-5H3,(H,19,20). The Morgan fingerprint density at radius 1 is 1.43 bits per heavy atom. The Morgan fingerprint density at radius 3 is 2.62 bits per heavy atom. The van der Waals surface area contributed by atoms with Crippen LogP contribution in [-0.4, -0.2) is 24.6 Å². The van der Waals surface area contributed by atoms with Gasteiger partial charge >= 0.3 is 0 Å². The van der Waals surface area contributed by atoms with E-state index in [1.807, 2.05) is 27.7 Å². The largest absolute Gasteiger partial charge is 0.496 e. The van der Waals surface area contributed by atoms with Gasteiger partial charge in [0.25, 0.3) is 0 Å². The van der Waals surface area contributed by atoms with Crippen molar-refractivity contribution in [2.24, 2.45) is 0 Å². The highest BCUT2D eigenvalue weighted by molar-refractivity contribution is 5.81. The van der Waals surface area contributed by atoms with Crippen LogP contribution in [0, 0.1) is 11.3 Å². The number of hydrogen-bond acceptors (Lipinski definition) is 4. The van der Waals surface area contributed by atoms with Gasteiger partial charge in [0, 0.05) is 17.6 Å². The summed E-state index contributed by atoms with van der Waals surface area (Å²) in [4.78, 5) is 12.0. The average Bonchev–Trinajstić information content (AvgIpc) is 2.42. The van der Waals surface area contributed by atoms with Gasteiger partial charge in [-0.2, -0.15) is 5.26 Å². The summed E-state index contributed by atoms with van der Waals surface area (Å²) in [5, 5.41) is 15.0. The zero-order chi connectivity index (χ0) is 16.0. The Kier molecular flexibility index (Phi) is 5.74. The fourth-order valence-electron chi connectivity index (χ4n) is 1.82. The average molecular weight is 289 g/mol. The Morgan fingerprint density at radius 2 is 2.10 bits per heavy atom. The first-order chi connectivity index (χ1) is 9.76. The van der Waals surface area contributed by atoms with E-state index in [0.717, 1.165) is 5.56 Å². The van der Waals surface area contributed by atoms with E-state index in [1.165, 1.54) is 0 Å². The molecule has 0 bridgehead atoms. The summed E-state index contributed by atoms with van der Waals surface area (Å²) in [6, 6.07) is 6.99. The second-order valence-electron chi connectivity index (χ2n) is 5.98. The summed E-state index contributed by atoms with van der Waals surface area (Å²) in [7, 11) is 1.58. The zero-order valence-corrected chi connectivity index (χ0v) is 13.3. The second-order valence-corrected chi connectivity index (χ2v) is 5.98. The van der Waals surface area contributed by atoms with Crippen LogP contribution < -0.4 is 15.4 Å². The van der Waals surface area contributed by atoms with E-state index in [0.29, 0.717) is 17.9 Å². The summed E-state index contributed by atoms with van der Waals surface area (Å²) in [6.45, 7) is 8.09. The molecule has 0 heterocycles. The number of nitrogens with zero attached hydrogens (tertiary/aromatic N) is 1. The number of methoxy groups -OCH3 is 1. The SMILES string of the molecule is COc1ccc(C#N)cc1CNC(C)C(=O)NC(C)(C)C. The van der Waals surface area contributed by atoms with Gasteiger partial charge in [-0.15, -0.1) is 0 Å². The number of ether oxygens (including phenoxy) is 1. The van der Waals surface area contributed by atoms with Crippen LogP contribution in [0.25, 0.3) is 0 Å². The van der Waals surface area contributed by atoms with E-state index < -0.39 is 0 Å². The highest BCUT2D eigenvalue weighted by Crippen LogP contribution is 2.19. The number of hydrogen-bond donors (Lipinski definition) is 2. The third-order valence-corrected chi connectivity index (χ3v) is 2.90. The van der Waals surface area contributed by atoms with Gasteiger partial charge in [-0.3, -0.25) is 4.79 Å². The lowest BCUT2D eigenvalue weighted by molar-refractivity contribution is -0.124. The first-order valence-electron chi connectivity index (χ1n) is 6.89. The number of carbonyl (C=O) groups is 1. The molecule has 21 heavy (non-hydrogen) atoms. The van der Waals surface area contributed by atoms with Crippen molar-refractivity contribution in [3.63, 3.8) is 0 Å². The summed E-state index contributed by atoms with van der Waals surface area (Å²) in [5.41, 5.74) is 1.16. The minimum atomic E-state index is -0.334. The third kappa shape index (κ3) is 5.44. The lowest BCUT2D eigenvalue weighted by Gasteiger charge is -2.24. The first-order valence-corrected chi connectivity index (χ1v) is 6.89. The molecule has 1 atom stereocenters. The molecule has 0 saturated carbocycles. The molecule has 1 rings (SSSR count). The van der Waals surface area contributed by atoms with Crippen LogP contribution in [-0.2, 0) is 11.3 Å². The molecular formula is C16H23N3O2. The van der Waals surface area contributed by atoms with Crippen LogP contribution in [0.2, 0.25) is 0 Å². The lowest BCUT2D eigenvalue weighted by Crippen LogP contribution is -2.49. The van der Waals surface area contributed by atoms with Crippen molar-refractivity contribution in [3.05, 3.63) is 29.3 Å². The van der Waals surface area contributed by atoms with Crippen LogP contribution in [0.1, 0.15) is 38.8 Å². The molecule has 0 aliphatic carbocycles. The molecule has 0 spiro atoms. The summed E-state index contributed by atoms with van der Waals surface area (Å²) >= 11 is 0. The van der Waals surface area contributed by atoms with Gasteiger partial charge in [0.05, 0.1) is 24.8 Å². The van der Waals surface area contributed by atoms with Crippen molar-refractivity contribution in [1.29, 1.82) is 5.26 Å². The highest BCUT2D eigenvalue weighted by atomic mass is 16.5. The van der Waals surface area contributed by atoms with Crippen molar-refractivity contribution in [1.82, 2.24) is 10.6 Å². The van der Waals surface area contributed by atoms with E-state index in [9.17, 15) is 4.79 Å². The Balaban J connectivity index is 2.70. The highest BCUT2D eigenvalue weighted by Gasteiger charge is 2.19. The molecule has 114 valence electrons. The van der Waals surface area contributed by atoms with Crippen LogP contribution in [0.15, 0.2) is 18.2 Å². The van der Waals surface area contributed by atoms with Crippen molar-refractivity contribution in [2.75, 3.05) is 7.11 Å². The maximum Gasteiger partial charge on any atom is 0.237 e. The Bertz CT molecular complexity index is 541. The molecule has 0 aliphatic heterocycles. The van der Waals surface area contributed by atoms with Crippen molar-refractivity contribution in [2.45, 2.75) is 45.8 Å². The number of nitrogens with one attached hydrogen (secondary N) is 2. The number of benzene rings is 1. The molecule has 5 nitrogen and oxygen atoms in total. The predicted molar refractivity (Wildman–Crippen MR) is 81.9 cm³/mol. The normalized spacial score (nSPS) is 12.4. The maximum absolute atomic E-state index is 12.0. The van der Waals surface area contributed by atoms with E-state index in [-0.39, 0.29) is 17.5 Å². The molecule has 1 amide bonds. The number of carbonyl (C=O) groups excluding carboxylic acids is 1. The summed E-state index contributed by atoms with van der Waals surface area (Å²) in [6.07, 6.45) is 0. The van der Waals surface area contributed by atoms with Gasteiger partial charge in [-0.05, 0) is 45.9 Å². The molecule has 0 fully saturated rings. The smallest absolute Gasteiger partial charge is 0.237 e. The summed E-state index contributed by atoms with van der Waals surface area (Å²) in [5.74, 6) is 0.642. The van der Waals surface area contributed by atoms with Crippen LogP contribution in [0.4, 0.5) is 0 Å². The lowest BCUT2D eigenvalue weighted by atomic mass is 10.1. The fourth-order valence-corrected chi connectivity index (χ4v) is 1.82. The van der Waals surface area contributed by atoms with Gasteiger partial charge < -0.3 is 15.4 Å². The molecule has 1 aromatic rings. The topological polar surface area (TPSA) is 74.1 Å². The monoisotopic (exact) mass is 289 g/mol. The van der Waals surface area contributed by atoms with Gasteiger partial charge in [0.1, 0.15) is 5.75 Å². The van der Waals surface area contributed by atoms with Gasteiger partial charge in [0.15, 0.2) is 0 Å². The van der Waals surface area contributed by atoms with Crippen LogP contribution in [0.5, 0.6) is 5.75 Å². The molecule has 0 aromatic heterocycles. The van der Waals surface area contributed by atoms with E-state index in [1.54, 1.807) is 25.3 Å². The van der Waals surface area contributed by atoms with E-state index in [4.69, 9.17) is 10.00 Å². The Hall–Kier alpha value is -2.06. The molecule has 0 radical (unpaired) electrons. The molecule has 0 aliphatic rings. The number of nitriles is 1.